The molecule has 0 N–H and O–H groups in total. The molecular weight excluding hydrogens is 312 g/mol. The highest BCUT2D eigenvalue weighted by atomic mass is 79.9. The molecule has 0 amide bonds. The lowest BCUT2D eigenvalue weighted by molar-refractivity contribution is 0.112. The Morgan fingerprint density at radius 3 is 2.44 bits per heavy atom. The number of aromatic nitrogens is 2. The Morgan fingerprint density at radius 1 is 1.00 bits per heavy atom. The molecule has 0 bridgehead atoms. The minimum absolute atomic E-state index is 0.670. The van der Waals surface area contributed by atoms with Gasteiger partial charge >= 0.3 is 0 Å². The van der Waals surface area contributed by atoms with Gasteiger partial charge in [0.05, 0.1) is 11.7 Å². The average Bonchev–Trinajstić information content (AvgIpc) is 2.90. The van der Waals surface area contributed by atoms with Gasteiger partial charge < -0.3 is 0 Å². The Bertz CT molecular complexity index is 721. The lowest BCUT2D eigenvalue weighted by Crippen LogP contribution is -1.84. The average molecular weight is 319 g/mol. The van der Waals surface area contributed by atoms with Crippen LogP contribution in [0.2, 0.25) is 0 Å². The molecule has 0 saturated carbocycles. The van der Waals surface area contributed by atoms with Gasteiger partial charge in [0, 0.05) is 15.6 Å². The van der Waals surface area contributed by atoms with E-state index in [1.54, 1.807) is 12.1 Å². The molecule has 0 radical (unpaired) electrons. The van der Waals surface area contributed by atoms with E-state index in [0.29, 0.717) is 5.56 Å². The summed E-state index contributed by atoms with van der Waals surface area (Å²) in [4.78, 5) is 10.6. The highest BCUT2D eigenvalue weighted by molar-refractivity contribution is 9.10. The molecule has 5 heteroatoms. The van der Waals surface area contributed by atoms with Gasteiger partial charge in [-0.2, -0.15) is 8.75 Å². The minimum Gasteiger partial charge on any atom is -0.298 e. The topological polar surface area (TPSA) is 42.9 Å². The number of aldehydes is 1. The predicted octanol–water partition coefficient (Wildman–Crippen LogP) is 3.93. The molecule has 3 nitrogen and oxygen atoms in total. The SMILES string of the molecule is O=Cc1ccc(-c2ccc(Br)c3nsnc23)cc1. The second-order valence-electron chi connectivity index (χ2n) is 3.80. The highest BCUT2D eigenvalue weighted by Gasteiger charge is 2.10. The Kier molecular flexibility index (Phi) is 2.93. The molecule has 0 fully saturated rings. The first-order chi connectivity index (χ1) is 8.79. The van der Waals surface area contributed by atoms with E-state index in [4.69, 9.17) is 0 Å². The van der Waals surface area contributed by atoms with E-state index >= 15 is 0 Å². The number of hydrogen-bond acceptors (Lipinski definition) is 4. The summed E-state index contributed by atoms with van der Waals surface area (Å²) in [6.45, 7) is 0. The maximum Gasteiger partial charge on any atom is 0.150 e. The van der Waals surface area contributed by atoms with E-state index in [0.717, 1.165) is 32.9 Å². The molecule has 0 saturated heterocycles. The lowest BCUT2D eigenvalue weighted by atomic mass is 10.0. The quantitative estimate of drug-likeness (QED) is 0.672. The summed E-state index contributed by atoms with van der Waals surface area (Å²) in [6, 6.07) is 11.4. The second-order valence-corrected chi connectivity index (χ2v) is 5.18. The number of halogens is 1. The fourth-order valence-corrected chi connectivity index (χ4v) is 2.91. The number of fused-ring (bicyclic) bond motifs is 1. The van der Waals surface area contributed by atoms with Crippen molar-refractivity contribution in [2.75, 3.05) is 0 Å². The first-order valence-electron chi connectivity index (χ1n) is 5.26. The van der Waals surface area contributed by atoms with Gasteiger partial charge in [-0.3, -0.25) is 4.79 Å². The van der Waals surface area contributed by atoms with Crippen LogP contribution in [-0.2, 0) is 0 Å². The summed E-state index contributed by atoms with van der Waals surface area (Å²) >= 11 is 4.66. The van der Waals surface area contributed by atoms with Crippen molar-refractivity contribution in [3.05, 3.63) is 46.4 Å². The monoisotopic (exact) mass is 318 g/mol. The fourth-order valence-electron chi connectivity index (χ4n) is 1.81. The van der Waals surface area contributed by atoms with Gasteiger partial charge in [0.15, 0.2) is 0 Å². The van der Waals surface area contributed by atoms with Crippen molar-refractivity contribution < 1.29 is 4.79 Å². The molecule has 0 aliphatic heterocycles. The summed E-state index contributed by atoms with van der Waals surface area (Å²) in [5.74, 6) is 0. The molecule has 0 atom stereocenters. The van der Waals surface area contributed by atoms with E-state index in [-0.39, 0.29) is 0 Å². The van der Waals surface area contributed by atoms with Gasteiger partial charge in [-0.05, 0) is 27.6 Å². The molecule has 0 unspecified atom stereocenters. The molecule has 3 aromatic rings. The number of benzene rings is 2. The molecule has 1 heterocycles. The zero-order valence-corrected chi connectivity index (χ0v) is 11.5. The van der Waals surface area contributed by atoms with Crippen LogP contribution in [-0.4, -0.2) is 15.0 Å². The number of carbonyl (C=O) groups is 1. The van der Waals surface area contributed by atoms with Crippen LogP contribution in [0, 0.1) is 0 Å². The predicted molar refractivity (Wildman–Crippen MR) is 75.9 cm³/mol. The molecule has 3 rings (SSSR count). The first kappa shape index (κ1) is 11.5. The largest absolute Gasteiger partial charge is 0.298 e. The van der Waals surface area contributed by atoms with Crippen molar-refractivity contribution in [1.29, 1.82) is 0 Å². The number of carbonyl (C=O) groups excluding carboxylic acids is 1. The van der Waals surface area contributed by atoms with Crippen LogP contribution in [0.25, 0.3) is 22.2 Å². The molecule has 0 spiro atoms. The molecule has 1 aromatic heterocycles. The maximum atomic E-state index is 10.6. The van der Waals surface area contributed by atoms with Crippen LogP contribution in [0.3, 0.4) is 0 Å². The Labute approximate surface area is 116 Å². The van der Waals surface area contributed by atoms with Crippen molar-refractivity contribution in [1.82, 2.24) is 8.75 Å². The first-order valence-corrected chi connectivity index (χ1v) is 6.78. The minimum atomic E-state index is 0.670. The summed E-state index contributed by atoms with van der Waals surface area (Å²) in [7, 11) is 0. The van der Waals surface area contributed by atoms with Crippen LogP contribution in [0.5, 0.6) is 0 Å². The summed E-state index contributed by atoms with van der Waals surface area (Å²) in [6.07, 6.45) is 0.839. The van der Waals surface area contributed by atoms with Gasteiger partial charge in [-0.15, -0.1) is 0 Å². The molecule has 18 heavy (non-hydrogen) atoms. The van der Waals surface area contributed by atoms with Crippen molar-refractivity contribution in [2.45, 2.75) is 0 Å². The summed E-state index contributed by atoms with van der Waals surface area (Å²) in [5, 5.41) is 0. The number of nitrogens with zero attached hydrogens (tertiary/aromatic N) is 2. The van der Waals surface area contributed by atoms with Crippen molar-refractivity contribution in [3.8, 4) is 11.1 Å². The third kappa shape index (κ3) is 1.85. The van der Waals surface area contributed by atoms with Crippen molar-refractivity contribution in [2.24, 2.45) is 0 Å². The highest BCUT2D eigenvalue weighted by Crippen LogP contribution is 2.31. The smallest absolute Gasteiger partial charge is 0.150 e. The molecule has 88 valence electrons. The summed E-state index contributed by atoms with van der Waals surface area (Å²) < 4.78 is 9.54. The van der Waals surface area contributed by atoms with Gasteiger partial charge in [-0.25, -0.2) is 0 Å². The lowest BCUT2D eigenvalue weighted by Gasteiger charge is -2.03. The van der Waals surface area contributed by atoms with Gasteiger partial charge in [-0.1, -0.05) is 30.3 Å². The zero-order chi connectivity index (χ0) is 12.5. The normalized spacial score (nSPS) is 10.7. The molecule has 2 aromatic carbocycles. The Balaban J connectivity index is 2.21. The van der Waals surface area contributed by atoms with Gasteiger partial charge in [0.2, 0.25) is 0 Å². The fraction of sp³-hybridized carbons (Fsp3) is 0. The van der Waals surface area contributed by atoms with Crippen LogP contribution in [0.15, 0.2) is 40.9 Å². The Hall–Kier alpha value is -1.59. The molecule has 0 aliphatic carbocycles. The molecule has 0 aliphatic rings. The number of rotatable bonds is 2. The van der Waals surface area contributed by atoms with Crippen LogP contribution < -0.4 is 0 Å². The standard InChI is InChI=1S/C13H7BrN2OS/c14-11-6-5-10(12-13(11)16-18-15-12)9-3-1-8(7-17)2-4-9/h1-7H. The van der Waals surface area contributed by atoms with E-state index in [9.17, 15) is 4.79 Å². The van der Waals surface area contributed by atoms with Crippen molar-refractivity contribution >= 4 is 45.0 Å². The van der Waals surface area contributed by atoms with Crippen LogP contribution in [0.1, 0.15) is 10.4 Å². The van der Waals surface area contributed by atoms with E-state index in [1.165, 1.54) is 11.7 Å². The van der Waals surface area contributed by atoms with Crippen LogP contribution in [0.4, 0.5) is 0 Å². The van der Waals surface area contributed by atoms with Crippen LogP contribution >= 0.6 is 27.7 Å². The number of hydrogen-bond donors (Lipinski definition) is 0. The zero-order valence-electron chi connectivity index (χ0n) is 9.13. The second kappa shape index (κ2) is 4.59. The van der Waals surface area contributed by atoms with Gasteiger partial charge in [0.1, 0.15) is 17.3 Å². The van der Waals surface area contributed by atoms with E-state index < -0.39 is 0 Å². The third-order valence-electron chi connectivity index (χ3n) is 2.72. The Morgan fingerprint density at radius 2 is 1.72 bits per heavy atom. The van der Waals surface area contributed by atoms with E-state index in [1.807, 2.05) is 24.3 Å². The molecular formula is C13H7BrN2OS. The van der Waals surface area contributed by atoms with Crippen molar-refractivity contribution in [3.63, 3.8) is 0 Å². The summed E-state index contributed by atoms with van der Waals surface area (Å²) in [5.41, 5.74) is 4.49. The van der Waals surface area contributed by atoms with E-state index in [2.05, 4.69) is 24.7 Å². The third-order valence-corrected chi connectivity index (χ3v) is 3.89. The maximum absolute atomic E-state index is 10.6. The van der Waals surface area contributed by atoms with Gasteiger partial charge in [0.25, 0.3) is 0 Å².